The summed E-state index contributed by atoms with van der Waals surface area (Å²) < 4.78 is 22.8. The van der Waals surface area contributed by atoms with Crippen LogP contribution in [0.4, 0.5) is 0 Å². The molecule has 0 bridgehead atoms. The van der Waals surface area contributed by atoms with Gasteiger partial charge < -0.3 is 18.9 Å². The number of allylic oxidation sites excluding steroid dienone is 1. The number of hydrogen-bond acceptors (Lipinski definition) is 7. The molecule has 0 N–H and O–H groups in total. The quantitative estimate of drug-likeness (QED) is 0.141. The average Bonchev–Trinajstić information content (AvgIpc) is 3.03. The van der Waals surface area contributed by atoms with Crippen molar-refractivity contribution in [3.8, 4) is 17.2 Å². The summed E-state index contributed by atoms with van der Waals surface area (Å²) in [6, 6.07) is 15.3. The lowest BCUT2D eigenvalue weighted by molar-refractivity contribution is 0.0318. The van der Waals surface area contributed by atoms with E-state index >= 15 is 0 Å². The number of ether oxygens (including phenoxy) is 4. The molecule has 47 heavy (non-hydrogen) atoms. The number of fused-ring (bicyclic) bond motifs is 2. The largest absolute Gasteiger partial charge is 0.493 e. The maximum absolute atomic E-state index is 14.3. The molecular weight excluding hydrogens is 590 g/mol. The molecule has 0 saturated heterocycles. The van der Waals surface area contributed by atoms with Crippen LogP contribution in [0, 0.1) is 32.1 Å². The summed E-state index contributed by atoms with van der Waals surface area (Å²) in [6.45, 7) is 14.2. The fourth-order valence-electron chi connectivity index (χ4n) is 6.47. The Morgan fingerprint density at radius 2 is 1.51 bits per heavy atom. The van der Waals surface area contributed by atoms with Gasteiger partial charge in [-0.25, -0.2) is 9.78 Å². The van der Waals surface area contributed by atoms with Crippen molar-refractivity contribution in [3.05, 3.63) is 93.2 Å². The Bertz CT molecular complexity index is 1870. The Balaban J connectivity index is 1.65. The third-order valence-electron chi connectivity index (χ3n) is 9.43. The second kappa shape index (κ2) is 13.2. The molecule has 7 heteroatoms. The number of aromatic nitrogens is 1. The zero-order valence-electron chi connectivity index (χ0n) is 29.2. The second-order valence-corrected chi connectivity index (χ2v) is 13.6. The van der Waals surface area contributed by atoms with Crippen molar-refractivity contribution in [3.63, 3.8) is 0 Å². The van der Waals surface area contributed by atoms with Gasteiger partial charge in [-0.1, -0.05) is 45.0 Å². The number of para-hydroxylation sites is 1. The van der Waals surface area contributed by atoms with E-state index in [-0.39, 0.29) is 17.1 Å². The standard InChI is InChI=1S/C40H45NO6/c1-22-15-24(3)30(16-23(22)2)37(42)25(4)47-39(43)35-29-13-11-12-14-32(29)41-36-27(20-28(21-31(35)36)40(5,6)7)17-26-18-33(44-8)38(46-10)34(19-26)45-9/h11-19,25,28H,20-21H2,1-10H3/b27-17-/t25-,28+/m0/s1. The molecule has 0 spiro atoms. The summed E-state index contributed by atoms with van der Waals surface area (Å²) in [5.74, 6) is 1.08. The molecule has 2 atom stereocenters. The van der Waals surface area contributed by atoms with Crippen molar-refractivity contribution < 1.29 is 28.5 Å². The summed E-state index contributed by atoms with van der Waals surface area (Å²) in [5.41, 5.74) is 8.10. The van der Waals surface area contributed by atoms with Gasteiger partial charge in [-0.3, -0.25) is 4.79 Å². The van der Waals surface area contributed by atoms with Crippen LogP contribution in [0.1, 0.15) is 88.3 Å². The van der Waals surface area contributed by atoms with Gasteiger partial charge in [-0.2, -0.15) is 0 Å². The van der Waals surface area contributed by atoms with Gasteiger partial charge in [0.1, 0.15) is 0 Å². The minimum absolute atomic E-state index is 0.0665. The van der Waals surface area contributed by atoms with Crippen LogP contribution in [-0.2, 0) is 11.2 Å². The van der Waals surface area contributed by atoms with E-state index in [1.807, 2.05) is 69.3 Å². The van der Waals surface area contributed by atoms with Gasteiger partial charge in [0.15, 0.2) is 17.6 Å². The van der Waals surface area contributed by atoms with E-state index in [0.717, 1.165) is 45.5 Å². The van der Waals surface area contributed by atoms with Crippen LogP contribution in [0.5, 0.6) is 17.2 Å². The van der Waals surface area contributed by atoms with Gasteiger partial charge in [0, 0.05) is 10.9 Å². The van der Waals surface area contributed by atoms with E-state index in [2.05, 4.69) is 26.8 Å². The lowest BCUT2D eigenvalue weighted by Gasteiger charge is -2.37. The summed E-state index contributed by atoms with van der Waals surface area (Å²) in [5, 5.41) is 0.708. The number of carbonyl (C=O) groups excluding carboxylic acids is 2. The molecule has 4 aromatic rings. The van der Waals surface area contributed by atoms with E-state index in [1.54, 1.807) is 28.3 Å². The number of aryl methyl sites for hydroxylation is 3. The van der Waals surface area contributed by atoms with E-state index < -0.39 is 12.1 Å². The Labute approximate surface area is 277 Å². The summed E-state index contributed by atoms with van der Waals surface area (Å²) >= 11 is 0. The number of pyridine rings is 1. The monoisotopic (exact) mass is 635 g/mol. The van der Waals surface area contributed by atoms with E-state index in [1.165, 1.54) is 0 Å². The first kappa shape index (κ1) is 33.7. The van der Waals surface area contributed by atoms with Crippen molar-refractivity contribution in [2.24, 2.45) is 11.3 Å². The van der Waals surface area contributed by atoms with Crippen LogP contribution in [0.2, 0.25) is 0 Å². The number of rotatable bonds is 8. The van der Waals surface area contributed by atoms with Crippen molar-refractivity contribution in [1.29, 1.82) is 0 Å². The minimum atomic E-state index is -0.970. The number of hydrogen-bond donors (Lipinski definition) is 0. The molecule has 0 fully saturated rings. The zero-order valence-corrected chi connectivity index (χ0v) is 29.2. The maximum atomic E-state index is 14.3. The predicted octanol–water partition coefficient (Wildman–Crippen LogP) is 8.76. The number of carbonyl (C=O) groups is 2. The van der Waals surface area contributed by atoms with Gasteiger partial charge >= 0.3 is 5.97 Å². The van der Waals surface area contributed by atoms with Crippen molar-refractivity contribution in [2.75, 3.05) is 21.3 Å². The normalized spacial score (nSPS) is 16.0. The van der Waals surface area contributed by atoms with Gasteiger partial charge in [-0.05, 0) is 116 Å². The lowest BCUT2D eigenvalue weighted by Crippen LogP contribution is -2.30. The molecule has 7 nitrogen and oxygen atoms in total. The van der Waals surface area contributed by atoms with E-state index in [4.69, 9.17) is 23.9 Å². The summed E-state index contributed by atoms with van der Waals surface area (Å²) in [6.07, 6.45) is 2.52. The Morgan fingerprint density at radius 3 is 2.13 bits per heavy atom. The fraction of sp³-hybridized carbons (Fsp3) is 0.375. The van der Waals surface area contributed by atoms with E-state index in [0.29, 0.717) is 45.7 Å². The van der Waals surface area contributed by atoms with Crippen molar-refractivity contribution in [1.82, 2.24) is 4.98 Å². The first-order valence-corrected chi connectivity index (χ1v) is 16.0. The molecule has 0 unspecified atom stereocenters. The highest BCUT2D eigenvalue weighted by molar-refractivity contribution is 6.08. The molecule has 0 aliphatic heterocycles. The van der Waals surface area contributed by atoms with Gasteiger partial charge in [0.05, 0.1) is 38.1 Å². The van der Waals surface area contributed by atoms with Crippen molar-refractivity contribution in [2.45, 2.75) is 67.4 Å². The van der Waals surface area contributed by atoms with Gasteiger partial charge in [0.25, 0.3) is 0 Å². The SMILES string of the molecule is COc1cc(/C=C2/C[C@@H](C(C)(C)C)Cc3c2nc2ccccc2c3C(=O)O[C@@H](C)C(=O)c2cc(C)c(C)cc2C)cc(OC)c1OC. The molecule has 1 aliphatic carbocycles. The smallest absolute Gasteiger partial charge is 0.339 e. The second-order valence-electron chi connectivity index (χ2n) is 13.6. The molecule has 0 radical (unpaired) electrons. The number of methoxy groups -OCH3 is 3. The third kappa shape index (κ3) is 6.62. The Hall–Kier alpha value is -4.65. The predicted molar refractivity (Wildman–Crippen MR) is 187 cm³/mol. The average molecular weight is 636 g/mol. The Morgan fingerprint density at radius 1 is 0.872 bits per heavy atom. The number of esters is 1. The van der Waals surface area contributed by atoms with Gasteiger partial charge in [0.2, 0.25) is 11.5 Å². The number of ketones is 1. The molecule has 0 amide bonds. The Kier molecular flexibility index (Phi) is 9.48. The summed E-state index contributed by atoms with van der Waals surface area (Å²) in [7, 11) is 4.77. The molecule has 1 aromatic heterocycles. The van der Waals surface area contributed by atoms with E-state index in [9.17, 15) is 9.59 Å². The molecule has 5 rings (SSSR count). The fourth-order valence-corrected chi connectivity index (χ4v) is 6.47. The van der Waals surface area contributed by atoms with Crippen molar-refractivity contribution >= 4 is 34.3 Å². The molecule has 1 aliphatic rings. The first-order valence-electron chi connectivity index (χ1n) is 16.0. The van der Waals surface area contributed by atoms with Crippen LogP contribution < -0.4 is 14.2 Å². The molecule has 3 aromatic carbocycles. The topological polar surface area (TPSA) is 84.0 Å². The molecule has 0 saturated carbocycles. The van der Waals surface area contributed by atoms with Gasteiger partial charge in [-0.15, -0.1) is 0 Å². The molecular formula is C40H45NO6. The number of nitrogens with zero attached hydrogens (tertiary/aromatic N) is 1. The number of Topliss-reactive ketones (excluding diaryl/α,β-unsaturated/α-hetero) is 1. The molecule has 1 heterocycles. The highest BCUT2D eigenvalue weighted by Gasteiger charge is 2.36. The number of benzene rings is 3. The highest BCUT2D eigenvalue weighted by Crippen LogP contribution is 2.46. The van der Waals surface area contributed by atoms with Crippen LogP contribution in [0.15, 0.2) is 48.5 Å². The first-order chi connectivity index (χ1) is 22.3. The van der Waals surface area contributed by atoms with Crippen LogP contribution in [0.25, 0.3) is 22.6 Å². The van der Waals surface area contributed by atoms with Crippen LogP contribution in [0.3, 0.4) is 0 Å². The zero-order chi connectivity index (χ0) is 34.2. The van der Waals surface area contributed by atoms with Crippen LogP contribution in [-0.4, -0.2) is 44.2 Å². The summed E-state index contributed by atoms with van der Waals surface area (Å²) in [4.78, 5) is 33.0. The minimum Gasteiger partial charge on any atom is -0.493 e. The lowest BCUT2D eigenvalue weighted by atomic mass is 9.69. The van der Waals surface area contributed by atoms with Crippen LogP contribution >= 0.6 is 0 Å². The highest BCUT2D eigenvalue weighted by atomic mass is 16.5. The maximum Gasteiger partial charge on any atom is 0.339 e. The molecule has 246 valence electrons. The third-order valence-corrected chi connectivity index (χ3v) is 9.43.